The number of hydrogen-bond acceptors (Lipinski definition) is 3. The second-order valence-electron chi connectivity index (χ2n) is 4.25. The van der Waals surface area contributed by atoms with E-state index < -0.39 is 0 Å². The lowest BCUT2D eigenvalue weighted by molar-refractivity contribution is -0.0492. The van der Waals surface area contributed by atoms with Gasteiger partial charge < -0.3 is 9.64 Å². The van der Waals surface area contributed by atoms with E-state index in [-0.39, 0.29) is 0 Å². The van der Waals surface area contributed by atoms with Crippen molar-refractivity contribution in [1.82, 2.24) is 9.80 Å². The molecule has 0 radical (unpaired) electrons. The monoisotopic (exact) mass is 186 g/mol. The molecule has 1 aliphatic rings. The fraction of sp³-hybridized carbons (Fsp3) is 1.00. The largest absolute Gasteiger partial charge is 0.379 e. The van der Waals surface area contributed by atoms with Crippen molar-refractivity contribution in [2.24, 2.45) is 0 Å². The number of ether oxygens (including phenoxy) is 1. The minimum atomic E-state index is 0.488. The molecule has 1 atom stereocenters. The van der Waals surface area contributed by atoms with E-state index in [1.54, 1.807) is 7.11 Å². The van der Waals surface area contributed by atoms with Crippen LogP contribution in [0.3, 0.4) is 0 Å². The molecule has 0 aromatic heterocycles. The van der Waals surface area contributed by atoms with Crippen LogP contribution in [0.4, 0.5) is 0 Å². The first-order valence-corrected chi connectivity index (χ1v) is 5.05. The van der Waals surface area contributed by atoms with Gasteiger partial charge in [0.05, 0.1) is 6.10 Å². The molecule has 0 saturated carbocycles. The zero-order valence-electron chi connectivity index (χ0n) is 9.29. The summed E-state index contributed by atoms with van der Waals surface area (Å²) in [6.45, 7) is 5.71. The lowest BCUT2D eigenvalue weighted by Crippen LogP contribution is -2.55. The molecule has 3 heteroatoms. The highest BCUT2D eigenvalue weighted by Gasteiger charge is 2.29. The summed E-state index contributed by atoms with van der Waals surface area (Å²) in [5, 5.41) is 0. The summed E-state index contributed by atoms with van der Waals surface area (Å²) >= 11 is 0. The Morgan fingerprint density at radius 1 is 1.46 bits per heavy atom. The summed E-state index contributed by atoms with van der Waals surface area (Å²) in [6.07, 6.45) is 1.74. The van der Waals surface area contributed by atoms with Gasteiger partial charge in [-0.2, -0.15) is 0 Å². The van der Waals surface area contributed by atoms with Gasteiger partial charge in [0.25, 0.3) is 0 Å². The number of likely N-dealkylation sites (tertiary alicyclic amines) is 1. The topological polar surface area (TPSA) is 15.7 Å². The van der Waals surface area contributed by atoms with E-state index >= 15 is 0 Å². The molecule has 0 aliphatic carbocycles. The zero-order valence-corrected chi connectivity index (χ0v) is 9.29. The Kier molecular flexibility index (Phi) is 4.16. The molecule has 1 rings (SSSR count). The van der Waals surface area contributed by atoms with Gasteiger partial charge in [-0.1, -0.05) is 0 Å². The summed E-state index contributed by atoms with van der Waals surface area (Å²) in [6, 6.07) is 0.703. The molecule has 0 aromatic rings. The lowest BCUT2D eigenvalue weighted by Gasteiger charge is -2.42. The molecule has 1 saturated heterocycles. The van der Waals surface area contributed by atoms with Crippen LogP contribution in [0.1, 0.15) is 13.3 Å². The van der Waals surface area contributed by atoms with Crippen LogP contribution in [0.2, 0.25) is 0 Å². The van der Waals surface area contributed by atoms with E-state index in [1.807, 2.05) is 0 Å². The smallest absolute Gasteiger partial charge is 0.0825 e. The summed E-state index contributed by atoms with van der Waals surface area (Å²) in [5.74, 6) is 0. The van der Waals surface area contributed by atoms with Crippen LogP contribution in [-0.4, -0.2) is 62.8 Å². The van der Waals surface area contributed by atoms with E-state index in [1.165, 1.54) is 13.0 Å². The molecule has 0 bridgehead atoms. The fourth-order valence-corrected chi connectivity index (χ4v) is 1.61. The van der Waals surface area contributed by atoms with Gasteiger partial charge in [0, 0.05) is 26.2 Å². The molecule has 0 aromatic carbocycles. The number of nitrogens with zero attached hydrogens (tertiary/aromatic N) is 2. The highest BCUT2D eigenvalue weighted by molar-refractivity contribution is 4.84. The second-order valence-corrected chi connectivity index (χ2v) is 4.25. The van der Waals surface area contributed by atoms with Crippen molar-refractivity contribution in [2.75, 3.05) is 40.8 Å². The molecule has 0 spiro atoms. The average Bonchev–Trinajstić information content (AvgIpc) is 1.99. The third-order valence-corrected chi connectivity index (χ3v) is 2.83. The molecule has 1 fully saturated rings. The van der Waals surface area contributed by atoms with E-state index in [9.17, 15) is 0 Å². The Balaban J connectivity index is 2.08. The van der Waals surface area contributed by atoms with Crippen LogP contribution < -0.4 is 0 Å². The molecule has 0 amide bonds. The third-order valence-electron chi connectivity index (χ3n) is 2.83. The standard InChI is InChI=1S/C10H22N2O/c1-9(5-6-11(2)3)12-7-10(8-12)13-4/h9-10H,5-8H2,1-4H3. The quantitative estimate of drug-likeness (QED) is 0.627. The maximum atomic E-state index is 5.24. The predicted molar refractivity (Wildman–Crippen MR) is 55.0 cm³/mol. The minimum Gasteiger partial charge on any atom is -0.379 e. The fourth-order valence-electron chi connectivity index (χ4n) is 1.61. The van der Waals surface area contributed by atoms with Gasteiger partial charge in [0.1, 0.15) is 0 Å². The van der Waals surface area contributed by atoms with Crippen LogP contribution in [0.25, 0.3) is 0 Å². The van der Waals surface area contributed by atoms with Gasteiger partial charge in [-0.25, -0.2) is 0 Å². The molecule has 3 nitrogen and oxygen atoms in total. The van der Waals surface area contributed by atoms with E-state index in [0.29, 0.717) is 12.1 Å². The van der Waals surface area contributed by atoms with Crippen molar-refractivity contribution in [3.8, 4) is 0 Å². The highest BCUT2D eigenvalue weighted by Crippen LogP contribution is 2.16. The van der Waals surface area contributed by atoms with Crippen molar-refractivity contribution in [3.63, 3.8) is 0 Å². The highest BCUT2D eigenvalue weighted by atomic mass is 16.5. The molecular weight excluding hydrogens is 164 g/mol. The van der Waals surface area contributed by atoms with Crippen molar-refractivity contribution >= 4 is 0 Å². The van der Waals surface area contributed by atoms with Crippen molar-refractivity contribution in [3.05, 3.63) is 0 Å². The maximum Gasteiger partial charge on any atom is 0.0825 e. The van der Waals surface area contributed by atoms with Gasteiger partial charge in [-0.15, -0.1) is 0 Å². The normalized spacial score (nSPS) is 21.9. The first-order valence-electron chi connectivity index (χ1n) is 5.05. The van der Waals surface area contributed by atoms with Crippen LogP contribution in [0, 0.1) is 0 Å². The molecule has 1 unspecified atom stereocenters. The van der Waals surface area contributed by atoms with Crippen LogP contribution in [0.15, 0.2) is 0 Å². The van der Waals surface area contributed by atoms with E-state index in [4.69, 9.17) is 4.74 Å². The van der Waals surface area contributed by atoms with Crippen LogP contribution in [-0.2, 0) is 4.74 Å². The maximum absolute atomic E-state index is 5.24. The molecular formula is C10H22N2O. The SMILES string of the molecule is COC1CN(C(C)CCN(C)C)C1. The Labute approximate surface area is 81.7 Å². The Morgan fingerprint density at radius 2 is 2.08 bits per heavy atom. The molecule has 0 N–H and O–H groups in total. The van der Waals surface area contributed by atoms with Crippen molar-refractivity contribution < 1.29 is 4.74 Å². The zero-order chi connectivity index (χ0) is 9.84. The second kappa shape index (κ2) is 4.94. The number of methoxy groups -OCH3 is 1. The van der Waals surface area contributed by atoms with E-state index in [0.717, 1.165) is 13.1 Å². The molecule has 1 aliphatic heterocycles. The summed E-state index contributed by atoms with van der Waals surface area (Å²) in [4.78, 5) is 4.72. The average molecular weight is 186 g/mol. The Hall–Kier alpha value is -0.120. The summed E-state index contributed by atoms with van der Waals surface area (Å²) < 4.78 is 5.24. The Bertz CT molecular complexity index is 144. The third kappa shape index (κ3) is 3.25. The summed E-state index contributed by atoms with van der Waals surface area (Å²) in [7, 11) is 6.05. The van der Waals surface area contributed by atoms with Crippen molar-refractivity contribution in [2.45, 2.75) is 25.5 Å². The van der Waals surface area contributed by atoms with Gasteiger partial charge in [0.2, 0.25) is 0 Å². The number of hydrogen-bond donors (Lipinski definition) is 0. The van der Waals surface area contributed by atoms with Crippen molar-refractivity contribution in [1.29, 1.82) is 0 Å². The summed E-state index contributed by atoms with van der Waals surface area (Å²) in [5.41, 5.74) is 0. The predicted octanol–water partition coefficient (Wildman–Crippen LogP) is 0.657. The van der Waals surface area contributed by atoms with Gasteiger partial charge >= 0.3 is 0 Å². The first kappa shape index (κ1) is 11.0. The van der Waals surface area contributed by atoms with Gasteiger partial charge in [-0.05, 0) is 34.0 Å². The van der Waals surface area contributed by atoms with Crippen LogP contribution in [0.5, 0.6) is 0 Å². The molecule has 78 valence electrons. The van der Waals surface area contributed by atoms with Gasteiger partial charge in [-0.3, -0.25) is 4.90 Å². The van der Waals surface area contributed by atoms with E-state index in [2.05, 4.69) is 30.8 Å². The number of rotatable bonds is 5. The molecule has 1 heterocycles. The lowest BCUT2D eigenvalue weighted by atomic mass is 10.1. The first-order chi connectivity index (χ1) is 6.13. The van der Waals surface area contributed by atoms with Crippen LogP contribution >= 0.6 is 0 Å². The minimum absolute atomic E-state index is 0.488. The Morgan fingerprint density at radius 3 is 2.54 bits per heavy atom. The van der Waals surface area contributed by atoms with Gasteiger partial charge in [0.15, 0.2) is 0 Å². The molecule has 13 heavy (non-hydrogen) atoms.